The number of rotatable bonds is 5. The Hall–Kier alpha value is -1.97. The van der Waals surface area contributed by atoms with Crippen molar-refractivity contribution in [3.63, 3.8) is 0 Å². The number of phenolic OH excluding ortho intramolecular Hbond substituents is 1. The van der Waals surface area contributed by atoms with Crippen LogP contribution in [-0.4, -0.2) is 25.1 Å². The summed E-state index contributed by atoms with van der Waals surface area (Å²) in [5.41, 5.74) is 0.777. The summed E-state index contributed by atoms with van der Waals surface area (Å²) in [5, 5.41) is 10.2. The maximum Gasteiger partial charge on any atom is 0.193 e. The van der Waals surface area contributed by atoms with Crippen LogP contribution in [0.1, 0.15) is 29.8 Å². The lowest BCUT2D eigenvalue weighted by Gasteiger charge is -2.15. The van der Waals surface area contributed by atoms with Crippen molar-refractivity contribution < 1.29 is 19.4 Å². The maximum atomic E-state index is 11.9. The SMILES string of the molecule is C/C=C/C(=O)c1c(OC)cc(OC)c(CC)c1O. The fourth-order valence-electron chi connectivity index (χ4n) is 1.82. The molecule has 0 radical (unpaired) electrons. The smallest absolute Gasteiger partial charge is 0.193 e. The number of aromatic hydroxyl groups is 1. The summed E-state index contributed by atoms with van der Waals surface area (Å²) in [5.74, 6) is 0.467. The Morgan fingerprint density at radius 3 is 2.39 bits per heavy atom. The maximum absolute atomic E-state index is 11.9. The van der Waals surface area contributed by atoms with Gasteiger partial charge in [0, 0.05) is 11.6 Å². The second kappa shape index (κ2) is 6.10. The van der Waals surface area contributed by atoms with Gasteiger partial charge < -0.3 is 14.6 Å². The van der Waals surface area contributed by atoms with E-state index >= 15 is 0 Å². The average molecular weight is 250 g/mol. The van der Waals surface area contributed by atoms with Crippen LogP contribution in [0, 0.1) is 0 Å². The molecular formula is C14H18O4. The minimum Gasteiger partial charge on any atom is -0.507 e. The van der Waals surface area contributed by atoms with E-state index in [-0.39, 0.29) is 17.1 Å². The van der Waals surface area contributed by atoms with Crippen molar-refractivity contribution in [2.75, 3.05) is 14.2 Å². The minimum absolute atomic E-state index is 0.0724. The van der Waals surface area contributed by atoms with Crippen LogP contribution >= 0.6 is 0 Å². The summed E-state index contributed by atoms with van der Waals surface area (Å²) in [4.78, 5) is 11.9. The number of benzene rings is 1. The van der Waals surface area contributed by atoms with Gasteiger partial charge in [0.25, 0.3) is 0 Å². The van der Waals surface area contributed by atoms with Crippen LogP contribution < -0.4 is 9.47 Å². The Labute approximate surface area is 107 Å². The van der Waals surface area contributed by atoms with E-state index < -0.39 is 0 Å². The Morgan fingerprint density at radius 2 is 1.94 bits per heavy atom. The molecule has 0 atom stereocenters. The first-order valence-electron chi connectivity index (χ1n) is 5.74. The van der Waals surface area contributed by atoms with Crippen LogP contribution in [0.15, 0.2) is 18.2 Å². The molecule has 0 aromatic heterocycles. The van der Waals surface area contributed by atoms with Crippen molar-refractivity contribution in [1.29, 1.82) is 0 Å². The van der Waals surface area contributed by atoms with Gasteiger partial charge in [-0.2, -0.15) is 0 Å². The van der Waals surface area contributed by atoms with Crippen molar-refractivity contribution in [2.24, 2.45) is 0 Å². The summed E-state index contributed by atoms with van der Waals surface area (Å²) in [6, 6.07) is 1.62. The van der Waals surface area contributed by atoms with Crippen molar-refractivity contribution >= 4 is 5.78 Å². The van der Waals surface area contributed by atoms with E-state index in [4.69, 9.17) is 9.47 Å². The summed E-state index contributed by atoms with van der Waals surface area (Å²) in [6.45, 7) is 3.62. The molecule has 0 amide bonds. The van der Waals surface area contributed by atoms with Gasteiger partial charge in [-0.25, -0.2) is 0 Å². The number of hydrogen-bond acceptors (Lipinski definition) is 4. The lowest BCUT2D eigenvalue weighted by atomic mass is 10.0. The second-order valence-corrected chi connectivity index (χ2v) is 3.70. The van der Waals surface area contributed by atoms with E-state index in [9.17, 15) is 9.90 Å². The molecule has 1 aromatic carbocycles. The second-order valence-electron chi connectivity index (χ2n) is 3.70. The monoisotopic (exact) mass is 250 g/mol. The summed E-state index contributed by atoms with van der Waals surface area (Å²) < 4.78 is 10.3. The van der Waals surface area contributed by atoms with E-state index in [1.807, 2.05) is 6.92 Å². The topological polar surface area (TPSA) is 55.8 Å². The number of carbonyl (C=O) groups is 1. The van der Waals surface area contributed by atoms with Crippen LogP contribution in [0.3, 0.4) is 0 Å². The van der Waals surface area contributed by atoms with Gasteiger partial charge in [-0.1, -0.05) is 13.0 Å². The van der Waals surface area contributed by atoms with Gasteiger partial charge in [0.2, 0.25) is 0 Å². The zero-order chi connectivity index (χ0) is 13.7. The molecule has 0 saturated heterocycles. The normalized spacial score (nSPS) is 10.7. The summed E-state index contributed by atoms with van der Waals surface area (Å²) in [6.07, 6.45) is 3.58. The number of hydrogen-bond donors (Lipinski definition) is 1. The molecule has 0 bridgehead atoms. The molecule has 98 valence electrons. The van der Waals surface area contributed by atoms with Gasteiger partial charge in [0.05, 0.1) is 14.2 Å². The molecule has 1 rings (SSSR count). The highest BCUT2D eigenvalue weighted by atomic mass is 16.5. The molecule has 0 saturated carbocycles. The molecule has 1 N–H and O–H groups in total. The molecular weight excluding hydrogens is 232 g/mol. The first kappa shape index (κ1) is 14.1. The van der Waals surface area contributed by atoms with Crippen molar-refractivity contribution in [3.05, 3.63) is 29.3 Å². The van der Waals surface area contributed by atoms with Crippen molar-refractivity contribution in [3.8, 4) is 17.2 Å². The summed E-state index contributed by atoms with van der Waals surface area (Å²) in [7, 11) is 2.97. The minimum atomic E-state index is -0.288. The van der Waals surface area contributed by atoms with E-state index in [0.29, 0.717) is 23.5 Å². The molecule has 1 aromatic rings. The van der Waals surface area contributed by atoms with Crippen LogP contribution in [0.2, 0.25) is 0 Å². The fourth-order valence-corrected chi connectivity index (χ4v) is 1.82. The number of allylic oxidation sites excluding steroid dienone is 2. The van der Waals surface area contributed by atoms with Gasteiger partial charge in [-0.3, -0.25) is 4.79 Å². The molecule has 0 aliphatic rings. The molecule has 18 heavy (non-hydrogen) atoms. The molecule has 0 spiro atoms. The van der Waals surface area contributed by atoms with Crippen LogP contribution in [0.4, 0.5) is 0 Å². The van der Waals surface area contributed by atoms with Crippen LogP contribution in [0.5, 0.6) is 17.2 Å². The zero-order valence-electron chi connectivity index (χ0n) is 11.1. The molecule has 0 aliphatic heterocycles. The predicted molar refractivity (Wildman–Crippen MR) is 69.7 cm³/mol. The van der Waals surface area contributed by atoms with E-state index in [1.165, 1.54) is 20.3 Å². The van der Waals surface area contributed by atoms with Gasteiger partial charge in [-0.15, -0.1) is 0 Å². The third-order valence-corrected chi connectivity index (χ3v) is 2.69. The highest BCUT2D eigenvalue weighted by molar-refractivity contribution is 6.09. The van der Waals surface area contributed by atoms with Crippen molar-refractivity contribution in [1.82, 2.24) is 0 Å². The third-order valence-electron chi connectivity index (χ3n) is 2.69. The van der Waals surface area contributed by atoms with Crippen LogP contribution in [0.25, 0.3) is 0 Å². The quantitative estimate of drug-likeness (QED) is 0.645. The lowest BCUT2D eigenvalue weighted by molar-refractivity contribution is 0.104. The first-order chi connectivity index (χ1) is 8.60. The van der Waals surface area contributed by atoms with Gasteiger partial charge in [0.15, 0.2) is 5.78 Å². The molecule has 0 unspecified atom stereocenters. The van der Waals surface area contributed by atoms with E-state index in [2.05, 4.69) is 0 Å². The van der Waals surface area contributed by atoms with Gasteiger partial charge >= 0.3 is 0 Å². The van der Waals surface area contributed by atoms with E-state index in [0.717, 1.165) is 0 Å². The number of ketones is 1. The standard InChI is InChI=1S/C14H18O4/c1-5-7-10(15)13-12(18-4)8-11(17-3)9(6-2)14(13)16/h5,7-8,16H,6H2,1-4H3/b7-5+. The fraction of sp³-hybridized carbons (Fsp3) is 0.357. The van der Waals surface area contributed by atoms with Crippen molar-refractivity contribution in [2.45, 2.75) is 20.3 Å². The average Bonchev–Trinajstić information content (AvgIpc) is 2.37. The predicted octanol–water partition coefficient (Wildman–Crippen LogP) is 2.73. The Kier molecular flexibility index (Phi) is 4.77. The molecule has 0 aliphatic carbocycles. The number of phenols is 1. The Morgan fingerprint density at radius 1 is 1.33 bits per heavy atom. The molecule has 0 fully saturated rings. The zero-order valence-corrected chi connectivity index (χ0v) is 11.1. The van der Waals surface area contributed by atoms with Gasteiger partial charge in [0.1, 0.15) is 22.8 Å². The van der Waals surface area contributed by atoms with E-state index in [1.54, 1.807) is 19.1 Å². The first-order valence-corrected chi connectivity index (χ1v) is 5.74. The van der Waals surface area contributed by atoms with Crippen LogP contribution in [-0.2, 0) is 6.42 Å². The number of ether oxygens (including phenoxy) is 2. The summed E-state index contributed by atoms with van der Waals surface area (Å²) >= 11 is 0. The Bertz CT molecular complexity index is 475. The Balaban J connectivity index is 3.53. The number of methoxy groups -OCH3 is 2. The highest BCUT2D eigenvalue weighted by Crippen LogP contribution is 2.39. The molecule has 0 heterocycles. The largest absolute Gasteiger partial charge is 0.507 e. The van der Waals surface area contributed by atoms with Gasteiger partial charge in [-0.05, 0) is 19.4 Å². The lowest BCUT2D eigenvalue weighted by Crippen LogP contribution is -2.03. The molecule has 4 nitrogen and oxygen atoms in total. The molecule has 4 heteroatoms. The highest BCUT2D eigenvalue weighted by Gasteiger charge is 2.21. The third kappa shape index (κ3) is 2.47. The number of carbonyl (C=O) groups excluding carboxylic acids is 1.